The highest BCUT2D eigenvalue weighted by Gasteiger charge is 2.38. The molecule has 2 atom stereocenters. The zero-order chi connectivity index (χ0) is 21.0. The third-order valence-corrected chi connectivity index (χ3v) is 5.82. The van der Waals surface area contributed by atoms with Crippen molar-refractivity contribution in [1.29, 1.82) is 5.41 Å². The van der Waals surface area contributed by atoms with Crippen LogP contribution < -0.4 is 10.6 Å². The number of hydrogen-bond donors (Lipinski definition) is 4. The highest BCUT2D eigenvalue weighted by Crippen LogP contribution is 2.30. The number of benzene rings is 1. The summed E-state index contributed by atoms with van der Waals surface area (Å²) in [7, 11) is 0. The topological polar surface area (TPSA) is 134 Å². The number of amidine groups is 1. The van der Waals surface area contributed by atoms with Crippen LogP contribution >= 0.6 is 37.2 Å². The van der Waals surface area contributed by atoms with Crippen molar-refractivity contribution in [3.8, 4) is 0 Å². The first-order valence-electron chi connectivity index (χ1n) is 9.96. The van der Waals surface area contributed by atoms with Crippen LogP contribution in [0.4, 0.5) is 5.69 Å². The van der Waals surface area contributed by atoms with E-state index in [-0.39, 0.29) is 68.1 Å². The highest BCUT2D eigenvalue weighted by molar-refractivity contribution is 5.95. The zero-order valence-corrected chi connectivity index (χ0v) is 20.1. The molecule has 0 spiro atoms. The summed E-state index contributed by atoms with van der Waals surface area (Å²) in [4.78, 5) is 29.1. The smallest absolute Gasteiger partial charge is 0.317 e. The van der Waals surface area contributed by atoms with Crippen LogP contribution in [0.25, 0.3) is 0 Å². The van der Waals surface area contributed by atoms with Gasteiger partial charge >= 0.3 is 11.9 Å². The van der Waals surface area contributed by atoms with Crippen molar-refractivity contribution >= 4 is 60.7 Å². The summed E-state index contributed by atoms with van der Waals surface area (Å²) >= 11 is 0. The Balaban J connectivity index is 0.00000320. The van der Waals surface area contributed by atoms with E-state index in [2.05, 4.69) is 9.80 Å². The Bertz CT molecular complexity index is 736. The minimum absolute atomic E-state index is 0. The normalized spacial score (nSPS) is 21.4. The Morgan fingerprint density at radius 1 is 0.969 bits per heavy atom. The average Bonchev–Trinajstić information content (AvgIpc) is 2.68. The minimum atomic E-state index is -0.879. The maximum Gasteiger partial charge on any atom is 0.317 e. The molecular weight excluding hydrogens is 481 g/mol. The Labute approximate surface area is 206 Å². The second kappa shape index (κ2) is 13.7. The Hall–Kier alpha value is -1.78. The quantitative estimate of drug-likeness (QED) is 0.322. The molecule has 1 aromatic rings. The number of nitrogen functional groups attached to an aromatic ring is 1. The van der Waals surface area contributed by atoms with Crippen molar-refractivity contribution in [2.75, 3.05) is 44.2 Å². The van der Waals surface area contributed by atoms with Crippen molar-refractivity contribution in [2.45, 2.75) is 25.4 Å². The number of likely N-dealkylation sites (tertiary alicyclic amines) is 1. The Kier molecular flexibility index (Phi) is 12.9. The van der Waals surface area contributed by atoms with Gasteiger partial charge in [-0.05, 0) is 43.0 Å². The number of nitrogens with two attached hydrogens (primary N) is 1. The number of aliphatic carboxylic acids is 2. The zero-order valence-electron chi connectivity index (χ0n) is 17.7. The molecule has 2 aliphatic rings. The predicted molar refractivity (Wildman–Crippen MR) is 131 cm³/mol. The summed E-state index contributed by atoms with van der Waals surface area (Å²) in [5.74, 6) is -1.74. The van der Waals surface area contributed by atoms with E-state index in [1.54, 1.807) is 0 Å². The fourth-order valence-electron chi connectivity index (χ4n) is 4.54. The molecule has 2 fully saturated rings. The molecule has 0 saturated carbocycles. The summed E-state index contributed by atoms with van der Waals surface area (Å²) in [6.45, 7) is 3.65. The van der Waals surface area contributed by atoms with E-state index in [0.717, 1.165) is 44.7 Å². The maximum absolute atomic E-state index is 11.4. The lowest BCUT2D eigenvalue weighted by Crippen LogP contribution is -2.61. The molecule has 1 aromatic carbocycles. The van der Waals surface area contributed by atoms with Crippen LogP contribution in [-0.2, 0) is 9.59 Å². The Morgan fingerprint density at radius 2 is 1.56 bits per heavy atom. The average molecular weight is 513 g/mol. The van der Waals surface area contributed by atoms with Crippen LogP contribution in [0.1, 0.15) is 24.8 Å². The molecule has 0 aromatic heterocycles. The molecule has 2 aliphatic heterocycles. The number of carbonyl (C=O) groups is 2. The fraction of sp³-hybridized carbons (Fsp3) is 0.550. The summed E-state index contributed by atoms with van der Waals surface area (Å²) in [5, 5.41) is 26.1. The molecule has 182 valence electrons. The first-order chi connectivity index (χ1) is 13.8. The molecule has 9 nitrogen and oxygen atoms in total. The number of piperidine rings is 1. The van der Waals surface area contributed by atoms with Gasteiger partial charge in [0.05, 0.1) is 19.1 Å². The van der Waals surface area contributed by atoms with E-state index < -0.39 is 11.9 Å². The lowest BCUT2D eigenvalue weighted by atomic mass is 9.89. The van der Waals surface area contributed by atoms with E-state index in [0.29, 0.717) is 12.1 Å². The number of rotatable bonds is 7. The van der Waals surface area contributed by atoms with Crippen molar-refractivity contribution in [3.63, 3.8) is 0 Å². The van der Waals surface area contributed by atoms with Gasteiger partial charge in [-0.3, -0.25) is 24.8 Å². The van der Waals surface area contributed by atoms with Gasteiger partial charge in [0.1, 0.15) is 5.84 Å². The molecule has 2 heterocycles. The van der Waals surface area contributed by atoms with Gasteiger partial charge in [-0.25, -0.2) is 0 Å². The standard InChI is InChI=1S/C20H29N5O4.3ClH/c21-19(22)14-3-5-16(6-4-14)23-8-10-24(11-9-23)20-15(12-17(26)27)2-1-7-25(20)13-18(28)29;;;/h3-6,15,20H,1-2,7-13H2,(H3,21,22)(H,26,27)(H,28,29);3*1H. The van der Waals surface area contributed by atoms with Crippen LogP contribution in [-0.4, -0.2) is 83.2 Å². The monoisotopic (exact) mass is 511 g/mol. The van der Waals surface area contributed by atoms with Gasteiger partial charge in [0.2, 0.25) is 0 Å². The molecule has 0 radical (unpaired) electrons. The van der Waals surface area contributed by atoms with Crippen LogP contribution in [0.2, 0.25) is 0 Å². The van der Waals surface area contributed by atoms with Gasteiger partial charge in [-0.1, -0.05) is 0 Å². The van der Waals surface area contributed by atoms with Crippen LogP contribution in [0, 0.1) is 11.3 Å². The lowest BCUT2D eigenvalue weighted by Gasteiger charge is -2.49. The van der Waals surface area contributed by atoms with Gasteiger partial charge in [-0.15, -0.1) is 37.2 Å². The number of piperazine rings is 1. The summed E-state index contributed by atoms with van der Waals surface area (Å²) < 4.78 is 0. The first-order valence-corrected chi connectivity index (χ1v) is 9.96. The van der Waals surface area contributed by atoms with Crippen molar-refractivity contribution < 1.29 is 19.8 Å². The number of carboxylic acid groups (broad SMARTS) is 2. The van der Waals surface area contributed by atoms with E-state index in [9.17, 15) is 19.8 Å². The largest absolute Gasteiger partial charge is 0.481 e. The van der Waals surface area contributed by atoms with Gasteiger partial charge in [0, 0.05) is 44.0 Å². The van der Waals surface area contributed by atoms with Gasteiger partial charge in [0.25, 0.3) is 0 Å². The van der Waals surface area contributed by atoms with Crippen LogP contribution in [0.5, 0.6) is 0 Å². The molecule has 12 heteroatoms. The fourth-order valence-corrected chi connectivity index (χ4v) is 4.54. The number of nitrogens with zero attached hydrogens (tertiary/aromatic N) is 3. The summed E-state index contributed by atoms with van der Waals surface area (Å²) in [6, 6.07) is 7.58. The third kappa shape index (κ3) is 7.67. The first kappa shape index (κ1) is 30.2. The molecule has 2 saturated heterocycles. The molecular formula is C20H32Cl3N5O4. The second-order valence-corrected chi connectivity index (χ2v) is 7.76. The predicted octanol–water partition coefficient (Wildman–Crippen LogP) is 1.96. The summed E-state index contributed by atoms with van der Waals surface area (Å²) in [6.07, 6.45) is 1.54. The maximum atomic E-state index is 11.4. The van der Waals surface area contributed by atoms with E-state index >= 15 is 0 Å². The minimum Gasteiger partial charge on any atom is -0.481 e. The number of anilines is 1. The van der Waals surface area contributed by atoms with Crippen molar-refractivity contribution in [2.24, 2.45) is 11.7 Å². The molecule has 0 aliphatic carbocycles. The van der Waals surface area contributed by atoms with Gasteiger partial charge in [0.15, 0.2) is 0 Å². The number of carboxylic acids is 2. The van der Waals surface area contributed by atoms with E-state index in [1.807, 2.05) is 29.2 Å². The van der Waals surface area contributed by atoms with E-state index in [1.165, 1.54) is 0 Å². The van der Waals surface area contributed by atoms with Gasteiger partial charge in [-0.2, -0.15) is 0 Å². The molecule has 3 rings (SSSR count). The molecule has 2 unspecified atom stereocenters. The SMILES string of the molecule is Cl.Cl.Cl.N=C(N)c1ccc(N2CCN(C3C(CC(=O)O)CCCN3CC(=O)O)CC2)cc1. The van der Waals surface area contributed by atoms with Crippen molar-refractivity contribution in [1.82, 2.24) is 9.80 Å². The number of nitrogens with one attached hydrogen (secondary N) is 1. The Morgan fingerprint density at radius 3 is 2.06 bits per heavy atom. The van der Waals surface area contributed by atoms with E-state index in [4.69, 9.17) is 11.1 Å². The molecule has 32 heavy (non-hydrogen) atoms. The number of hydrogen-bond acceptors (Lipinski definition) is 6. The molecule has 0 bridgehead atoms. The van der Waals surface area contributed by atoms with Crippen molar-refractivity contribution in [3.05, 3.63) is 29.8 Å². The molecule has 0 amide bonds. The second-order valence-electron chi connectivity index (χ2n) is 7.76. The summed E-state index contributed by atoms with van der Waals surface area (Å²) in [5.41, 5.74) is 7.26. The molecule has 5 N–H and O–H groups in total. The third-order valence-electron chi connectivity index (χ3n) is 5.82. The van der Waals surface area contributed by atoms with Crippen LogP contribution in [0.3, 0.4) is 0 Å². The number of halogens is 3. The van der Waals surface area contributed by atoms with Crippen LogP contribution in [0.15, 0.2) is 24.3 Å². The highest BCUT2D eigenvalue weighted by atomic mass is 35.5. The van der Waals surface area contributed by atoms with Gasteiger partial charge < -0.3 is 20.8 Å². The lowest BCUT2D eigenvalue weighted by molar-refractivity contribution is -0.144.